The summed E-state index contributed by atoms with van der Waals surface area (Å²) in [4.78, 5) is 12.4. The third kappa shape index (κ3) is 4.75. The number of halogens is 1. The minimum absolute atomic E-state index is 0.0237. The first-order valence-corrected chi connectivity index (χ1v) is 10.1. The number of hydrogen-bond donors (Lipinski definition) is 2. The van der Waals surface area contributed by atoms with Crippen LogP contribution in [0.5, 0.6) is 0 Å². The molecule has 1 atom stereocenters. The molecular weight excluding hydrogens is 379 g/mol. The fourth-order valence-electron chi connectivity index (χ4n) is 2.66. The second-order valence-electron chi connectivity index (χ2n) is 6.25. The van der Waals surface area contributed by atoms with Gasteiger partial charge in [0.2, 0.25) is 0 Å². The van der Waals surface area contributed by atoms with E-state index in [-0.39, 0.29) is 22.5 Å². The van der Waals surface area contributed by atoms with Crippen molar-refractivity contribution in [2.45, 2.75) is 17.9 Å². The van der Waals surface area contributed by atoms with Gasteiger partial charge in [-0.15, -0.1) is 0 Å². The summed E-state index contributed by atoms with van der Waals surface area (Å²) < 4.78 is 40.4. The standard InChI is InChI=1S/C21H19FN2O3S/c1-15(16-6-3-2-4-7-16)23-21(25)17-10-12-20(13-11-17)28(26,27)24-19-9-5-8-18(22)14-19/h2-15,24H,1H3,(H,23,25). The van der Waals surface area contributed by atoms with Crippen LogP contribution in [-0.2, 0) is 10.0 Å². The maximum atomic E-state index is 13.2. The number of anilines is 1. The molecular formula is C21H19FN2O3S. The SMILES string of the molecule is CC(NC(=O)c1ccc(S(=O)(=O)Nc2cccc(F)c2)cc1)c1ccccc1. The summed E-state index contributed by atoms with van der Waals surface area (Å²) in [5, 5.41) is 2.87. The summed E-state index contributed by atoms with van der Waals surface area (Å²) >= 11 is 0. The number of nitrogens with one attached hydrogen (secondary N) is 2. The molecule has 0 aliphatic carbocycles. The Bertz CT molecular complexity index is 1070. The molecule has 0 heterocycles. The van der Waals surface area contributed by atoms with Crippen molar-refractivity contribution in [2.24, 2.45) is 0 Å². The fourth-order valence-corrected chi connectivity index (χ4v) is 3.71. The quantitative estimate of drug-likeness (QED) is 0.656. The Kier molecular flexibility index (Phi) is 5.75. The van der Waals surface area contributed by atoms with Crippen molar-refractivity contribution in [1.82, 2.24) is 5.32 Å². The van der Waals surface area contributed by atoms with Crippen molar-refractivity contribution in [3.8, 4) is 0 Å². The molecule has 3 aromatic rings. The number of carbonyl (C=O) groups is 1. The zero-order valence-electron chi connectivity index (χ0n) is 15.1. The average Bonchev–Trinajstić information content (AvgIpc) is 2.68. The summed E-state index contributed by atoms with van der Waals surface area (Å²) in [6.45, 7) is 1.87. The second kappa shape index (κ2) is 8.22. The van der Waals surface area contributed by atoms with E-state index >= 15 is 0 Å². The van der Waals surface area contributed by atoms with Gasteiger partial charge in [0.05, 0.1) is 16.6 Å². The third-order valence-corrected chi connectivity index (χ3v) is 5.55. The van der Waals surface area contributed by atoms with E-state index in [0.29, 0.717) is 5.56 Å². The maximum Gasteiger partial charge on any atom is 0.261 e. The lowest BCUT2D eigenvalue weighted by Gasteiger charge is -2.14. The number of amides is 1. The molecule has 1 unspecified atom stereocenters. The molecule has 0 spiro atoms. The summed E-state index contributed by atoms with van der Waals surface area (Å²) in [7, 11) is -3.89. The molecule has 7 heteroatoms. The van der Waals surface area contributed by atoms with E-state index in [1.54, 1.807) is 0 Å². The van der Waals surface area contributed by atoms with Gasteiger partial charge in [0.25, 0.3) is 15.9 Å². The van der Waals surface area contributed by atoms with E-state index in [0.717, 1.165) is 11.6 Å². The minimum Gasteiger partial charge on any atom is -0.346 e. The van der Waals surface area contributed by atoms with Gasteiger partial charge in [0.1, 0.15) is 5.82 Å². The predicted octanol–water partition coefficient (Wildman–Crippen LogP) is 4.12. The monoisotopic (exact) mass is 398 g/mol. The topological polar surface area (TPSA) is 75.3 Å². The van der Waals surface area contributed by atoms with Crippen molar-refractivity contribution in [1.29, 1.82) is 0 Å². The van der Waals surface area contributed by atoms with E-state index in [1.807, 2.05) is 37.3 Å². The summed E-state index contributed by atoms with van der Waals surface area (Å²) in [6.07, 6.45) is 0. The summed E-state index contributed by atoms with van der Waals surface area (Å²) in [5.74, 6) is -0.849. The number of hydrogen-bond acceptors (Lipinski definition) is 3. The smallest absolute Gasteiger partial charge is 0.261 e. The molecule has 0 saturated heterocycles. The third-order valence-electron chi connectivity index (χ3n) is 4.15. The molecule has 0 bridgehead atoms. The molecule has 0 aliphatic heterocycles. The van der Waals surface area contributed by atoms with Gasteiger partial charge in [-0.3, -0.25) is 9.52 Å². The molecule has 144 valence electrons. The fraction of sp³-hybridized carbons (Fsp3) is 0.0952. The molecule has 5 nitrogen and oxygen atoms in total. The number of carbonyl (C=O) groups excluding carboxylic acids is 1. The molecule has 0 saturated carbocycles. The first-order valence-electron chi connectivity index (χ1n) is 8.59. The van der Waals surface area contributed by atoms with Crippen LogP contribution in [0, 0.1) is 5.82 Å². The Morgan fingerprint density at radius 3 is 2.25 bits per heavy atom. The molecule has 0 aliphatic rings. The first-order chi connectivity index (χ1) is 13.3. The molecule has 1 amide bonds. The highest BCUT2D eigenvalue weighted by molar-refractivity contribution is 7.92. The molecule has 0 aromatic heterocycles. The molecule has 28 heavy (non-hydrogen) atoms. The molecule has 3 rings (SSSR count). The lowest BCUT2D eigenvalue weighted by atomic mass is 10.1. The molecule has 0 radical (unpaired) electrons. The Morgan fingerprint density at radius 2 is 1.61 bits per heavy atom. The second-order valence-corrected chi connectivity index (χ2v) is 7.93. The predicted molar refractivity (Wildman–Crippen MR) is 106 cm³/mol. The van der Waals surface area contributed by atoms with Crippen LogP contribution in [0.4, 0.5) is 10.1 Å². The molecule has 3 aromatic carbocycles. The van der Waals surface area contributed by atoms with Crippen LogP contribution in [0.3, 0.4) is 0 Å². The average molecular weight is 398 g/mol. The van der Waals surface area contributed by atoms with Gasteiger partial charge in [-0.2, -0.15) is 0 Å². The Morgan fingerprint density at radius 1 is 0.929 bits per heavy atom. The zero-order chi connectivity index (χ0) is 20.1. The maximum absolute atomic E-state index is 13.2. The van der Waals surface area contributed by atoms with Crippen molar-refractivity contribution in [3.63, 3.8) is 0 Å². The van der Waals surface area contributed by atoms with E-state index < -0.39 is 15.8 Å². The number of rotatable bonds is 6. The largest absolute Gasteiger partial charge is 0.346 e. The van der Waals surface area contributed by atoms with Gasteiger partial charge < -0.3 is 5.32 Å². The Labute approximate surface area is 163 Å². The zero-order valence-corrected chi connectivity index (χ0v) is 15.9. The van der Waals surface area contributed by atoms with E-state index in [1.165, 1.54) is 42.5 Å². The van der Waals surface area contributed by atoms with Crippen molar-refractivity contribution < 1.29 is 17.6 Å². The highest BCUT2D eigenvalue weighted by Crippen LogP contribution is 2.18. The summed E-state index contributed by atoms with van der Waals surface area (Å²) in [6, 6.07) is 20.0. The van der Waals surface area contributed by atoms with Crippen LogP contribution in [0.15, 0.2) is 83.8 Å². The normalized spacial score (nSPS) is 12.2. The lowest BCUT2D eigenvalue weighted by molar-refractivity contribution is 0.0940. The van der Waals surface area contributed by atoms with Crippen LogP contribution < -0.4 is 10.0 Å². The van der Waals surface area contributed by atoms with Crippen LogP contribution in [0.2, 0.25) is 0 Å². The number of sulfonamides is 1. The van der Waals surface area contributed by atoms with Crippen LogP contribution >= 0.6 is 0 Å². The first kappa shape index (κ1) is 19.6. The van der Waals surface area contributed by atoms with Crippen molar-refractivity contribution in [2.75, 3.05) is 4.72 Å². The van der Waals surface area contributed by atoms with Gasteiger partial charge in [-0.1, -0.05) is 36.4 Å². The summed E-state index contributed by atoms with van der Waals surface area (Å²) in [5.41, 5.74) is 1.43. The van der Waals surface area contributed by atoms with Crippen LogP contribution in [0.25, 0.3) is 0 Å². The van der Waals surface area contributed by atoms with E-state index in [4.69, 9.17) is 0 Å². The Balaban J connectivity index is 1.71. The van der Waals surface area contributed by atoms with Crippen LogP contribution in [0.1, 0.15) is 28.9 Å². The number of benzene rings is 3. The highest BCUT2D eigenvalue weighted by atomic mass is 32.2. The van der Waals surface area contributed by atoms with Crippen molar-refractivity contribution >= 4 is 21.6 Å². The van der Waals surface area contributed by atoms with Gasteiger partial charge in [0.15, 0.2) is 0 Å². The van der Waals surface area contributed by atoms with Crippen molar-refractivity contribution in [3.05, 3.63) is 95.8 Å². The lowest BCUT2D eigenvalue weighted by Crippen LogP contribution is -2.26. The van der Waals surface area contributed by atoms with Crippen LogP contribution in [-0.4, -0.2) is 14.3 Å². The van der Waals surface area contributed by atoms with Gasteiger partial charge in [-0.25, -0.2) is 12.8 Å². The molecule has 2 N–H and O–H groups in total. The Hall–Kier alpha value is -3.19. The van der Waals surface area contributed by atoms with E-state index in [9.17, 15) is 17.6 Å². The molecule has 0 fully saturated rings. The van der Waals surface area contributed by atoms with Gasteiger partial charge in [0, 0.05) is 5.56 Å². The minimum atomic E-state index is -3.89. The van der Waals surface area contributed by atoms with Gasteiger partial charge in [-0.05, 0) is 55.0 Å². The highest BCUT2D eigenvalue weighted by Gasteiger charge is 2.16. The van der Waals surface area contributed by atoms with Gasteiger partial charge >= 0.3 is 0 Å². The van der Waals surface area contributed by atoms with E-state index in [2.05, 4.69) is 10.0 Å².